The Labute approximate surface area is 143 Å². The van der Waals surface area contributed by atoms with E-state index in [1.165, 1.54) is 0 Å². The molecule has 2 rings (SSSR count). The van der Waals surface area contributed by atoms with Gasteiger partial charge in [-0.25, -0.2) is 0 Å². The van der Waals surface area contributed by atoms with Crippen LogP contribution in [0.4, 0.5) is 0 Å². The number of hydrogen-bond acceptors (Lipinski definition) is 5. The molecular formula is C17H27N3O4. The molecule has 1 aromatic carbocycles. The Hall–Kier alpha value is -2.15. The standard InChI is InChI=1S/C17H27N3O4/c1-18-17(20-11-13-6-5-7-24-13)19-10-12-8-15(22-3)16(23-4)9-14(12)21-2/h8-9,13H,5-7,10-11H2,1-4H3,(H2,18,19,20). The number of guanidine groups is 1. The molecule has 0 radical (unpaired) electrons. The first-order chi connectivity index (χ1) is 11.7. The van der Waals surface area contributed by atoms with Crippen molar-refractivity contribution in [3.63, 3.8) is 0 Å². The highest BCUT2D eigenvalue weighted by Gasteiger charge is 2.16. The highest BCUT2D eigenvalue weighted by atomic mass is 16.5. The van der Waals surface area contributed by atoms with Crippen LogP contribution in [0, 0.1) is 0 Å². The van der Waals surface area contributed by atoms with Gasteiger partial charge in [-0.3, -0.25) is 4.99 Å². The molecule has 134 valence electrons. The van der Waals surface area contributed by atoms with Crippen molar-refractivity contribution in [3.05, 3.63) is 17.7 Å². The molecule has 0 saturated carbocycles. The second-order valence-corrected chi connectivity index (χ2v) is 5.46. The highest BCUT2D eigenvalue weighted by molar-refractivity contribution is 5.79. The van der Waals surface area contributed by atoms with Crippen LogP contribution >= 0.6 is 0 Å². The number of nitrogens with zero attached hydrogens (tertiary/aromatic N) is 1. The number of nitrogens with one attached hydrogen (secondary N) is 2. The molecule has 2 N–H and O–H groups in total. The van der Waals surface area contributed by atoms with E-state index in [0.29, 0.717) is 18.0 Å². The molecule has 0 spiro atoms. The largest absolute Gasteiger partial charge is 0.496 e. The van der Waals surface area contributed by atoms with Crippen LogP contribution in [0.3, 0.4) is 0 Å². The SMILES string of the molecule is CN=C(NCc1cc(OC)c(OC)cc1OC)NCC1CCCO1. The van der Waals surface area contributed by atoms with E-state index in [9.17, 15) is 0 Å². The molecule has 7 nitrogen and oxygen atoms in total. The lowest BCUT2D eigenvalue weighted by Crippen LogP contribution is -2.40. The van der Waals surface area contributed by atoms with Gasteiger partial charge in [0.15, 0.2) is 17.5 Å². The predicted octanol–water partition coefficient (Wildman–Crippen LogP) is 1.56. The first-order valence-corrected chi connectivity index (χ1v) is 8.06. The molecule has 1 atom stereocenters. The van der Waals surface area contributed by atoms with E-state index >= 15 is 0 Å². The van der Waals surface area contributed by atoms with Gasteiger partial charge in [-0.05, 0) is 18.9 Å². The van der Waals surface area contributed by atoms with Crippen LogP contribution in [0.5, 0.6) is 17.2 Å². The normalized spacial score (nSPS) is 17.5. The van der Waals surface area contributed by atoms with Gasteiger partial charge in [-0.15, -0.1) is 0 Å². The fourth-order valence-corrected chi connectivity index (χ4v) is 2.65. The smallest absolute Gasteiger partial charge is 0.191 e. The quantitative estimate of drug-likeness (QED) is 0.581. The van der Waals surface area contributed by atoms with Gasteiger partial charge in [0, 0.05) is 38.4 Å². The number of ether oxygens (including phenoxy) is 4. The minimum atomic E-state index is 0.263. The Kier molecular flexibility index (Phi) is 6.99. The molecule has 24 heavy (non-hydrogen) atoms. The molecule has 1 aliphatic heterocycles. The molecule has 7 heteroatoms. The summed E-state index contributed by atoms with van der Waals surface area (Å²) in [7, 11) is 6.60. The molecule has 1 aromatic rings. The van der Waals surface area contributed by atoms with Gasteiger partial charge < -0.3 is 29.6 Å². The predicted molar refractivity (Wildman–Crippen MR) is 93.3 cm³/mol. The molecule has 1 unspecified atom stereocenters. The van der Waals surface area contributed by atoms with Gasteiger partial charge in [0.05, 0.1) is 27.4 Å². The van der Waals surface area contributed by atoms with Crippen LogP contribution in [0.15, 0.2) is 17.1 Å². The average Bonchev–Trinajstić information content (AvgIpc) is 3.14. The maximum absolute atomic E-state index is 5.61. The molecule has 0 aromatic heterocycles. The topological polar surface area (TPSA) is 73.3 Å². The van der Waals surface area contributed by atoms with Crippen LogP contribution in [-0.2, 0) is 11.3 Å². The summed E-state index contributed by atoms with van der Waals surface area (Å²) in [5, 5.41) is 6.57. The average molecular weight is 337 g/mol. The molecular weight excluding hydrogens is 310 g/mol. The number of methoxy groups -OCH3 is 3. The minimum Gasteiger partial charge on any atom is -0.496 e. The lowest BCUT2D eigenvalue weighted by Gasteiger charge is -2.17. The van der Waals surface area contributed by atoms with Crippen molar-refractivity contribution in [1.29, 1.82) is 0 Å². The van der Waals surface area contributed by atoms with Gasteiger partial charge >= 0.3 is 0 Å². The molecule has 1 heterocycles. The van der Waals surface area contributed by atoms with Crippen LogP contribution in [0.1, 0.15) is 18.4 Å². The van der Waals surface area contributed by atoms with E-state index in [4.69, 9.17) is 18.9 Å². The van der Waals surface area contributed by atoms with Gasteiger partial charge in [0.1, 0.15) is 5.75 Å². The fraction of sp³-hybridized carbons (Fsp3) is 0.588. The monoisotopic (exact) mass is 337 g/mol. The zero-order valence-electron chi connectivity index (χ0n) is 14.8. The molecule has 1 fully saturated rings. The fourth-order valence-electron chi connectivity index (χ4n) is 2.65. The summed E-state index contributed by atoms with van der Waals surface area (Å²) in [6, 6.07) is 3.72. The van der Waals surface area contributed by atoms with Crippen LogP contribution < -0.4 is 24.8 Å². The lowest BCUT2D eigenvalue weighted by molar-refractivity contribution is 0.114. The number of aliphatic imine (C=N–C) groups is 1. The summed E-state index contributed by atoms with van der Waals surface area (Å²) in [5.41, 5.74) is 0.954. The zero-order valence-corrected chi connectivity index (χ0v) is 14.8. The third kappa shape index (κ3) is 4.67. The van der Waals surface area contributed by atoms with Crippen LogP contribution in [0.2, 0.25) is 0 Å². The van der Waals surface area contributed by atoms with E-state index < -0.39 is 0 Å². The third-order valence-electron chi connectivity index (χ3n) is 3.98. The Balaban J connectivity index is 1.98. The summed E-state index contributed by atoms with van der Waals surface area (Å²) < 4.78 is 21.7. The Morgan fingerprint density at radius 1 is 1.12 bits per heavy atom. The maximum Gasteiger partial charge on any atom is 0.191 e. The van der Waals surface area contributed by atoms with E-state index in [1.807, 2.05) is 12.1 Å². The number of rotatable bonds is 7. The van der Waals surface area contributed by atoms with Gasteiger partial charge in [0.2, 0.25) is 0 Å². The van der Waals surface area contributed by atoms with E-state index in [-0.39, 0.29) is 6.10 Å². The van der Waals surface area contributed by atoms with Crippen molar-refractivity contribution < 1.29 is 18.9 Å². The first kappa shape index (κ1) is 18.2. The van der Waals surface area contributed by atoms with E-state index in [2.05, 4.69) is 15.6 Å². The van der Waals surface area contributed by atoms with E-state index in [1.54, 1.807) is 28.4 Å². The van der Waals surface area contributed by atoms with Crippen molar-refractivity contribution in [2.24, 2.45) is 4.99 Å². The van der Waals surface area contributed by atoms with Gasteiger partial charge in [0.25, 0.3) is 0 Å². The van der Waals surface area contributed by atoms with Crippen molar-refractivity contribution in [2.45, 2.75) is 25.5 Å². The highest BCUT2D eigenvalue weighted by Crippen LogP contribution is 2.34. The van der Waals surface area contributed by atoms with Gasteiger partial charge in [-0.1, -0.05) is 0 Å². The summed E-state index contributed by atoms with van der Waals surface area (Å²) in [4.78, 5) is 4.24. The number of hydrogen-bond donors (Lipinski definition) is 2. The van der Waals surface area contributed by atoms with Crippen molar-refractivity contribution in [1.82, 2.24) is 10.6 Å². The van der Waals surface area contributed by atoms with Crippen molar-refractivity contribution >= 4 is 5.96 Å². The Bertz CT molecular complexity index is 557. The first-order valence-electron chi connectivity index (χ1n) is 8.06. The third-order valence-corrected chi connectivity index (χ3v) is 3.98. The Morgan fingerprint density at radius 3 is 2.42 bits per heavy atom. The molecule has 1 saturated heterocycles. The summed E-state index contributed by atoms with van der Waals surface area (Å²) in [5.74, 6) is 2.76. The van der Waals surface area contributed by atoms with Crippen molar-refractivity contribution in [3.8, 4) is 17.2 Å². The maximum atomic E-state index is 5.61. The number of benzene rings is 1. The minimum absolute atomic E-state index is 0.263. The molecule has 1 aliphatic rings. The summed E-state index contributed by atoms with van der Waals surface area (Å²) in [6.45, 7) is 2.15. The summed E-state index contributed by atoms with van der Waals surface area (Å²) >= 11 is 0. The van der Waals surface area contributed by atoms with Gasteiger partial charge in [-0.2, -0.15) is 0 Å². The van der Waals surface area contributed by atoms with Crippen molar-refractivity contribution in [2.75, 3.05) is 41.5 Å². The molecule has 0 aliphatic carbocycles. The second kappa shape index (κ2) is 9.22. The Morgan fingerprint density at radius 2 is 1.83 bits per heavy atom. The molecule has 0 bridgehead atoms. The zero-order chi connectivity index (χ0) is 17.4. The lowest BCUT2D eigenvalue weighted by atomic mass is 10.1. The summed E-state index contributed by atoms with van der Waals surface area (Å²) in [6.07, 6.45) is 2.48. The van der Waals surface area contributed by atoms with Crippen LogP contribution in [0.25, 0.3) is 0 Å². The second-order valence-electron chi connectivity index (χ2n) is 5.46. The van der Waals surface area contributed by atoms with Crippen LogP contribution in [-0.4, -0.2) is 53.6 Å². The van der Waals surface area contributed by atoms with E-state index in [0.717, 1.165) is 43.3 Å². The molecule has 0 amide bonds.